The number of halogens is 1. The van der Waals surface area contributed by atoms with Crippen molar-refractivity contribution >= 4 is 5.82 Å². The van der Waals surface area contributed by atoms with Crippen molar-refractivity contribution in [2.45, 2.75) is 85.0 Å². The van der Waals surface area contributed by atoms with Crippen molar-refractivity contribution in [1.29, 1.82) is 0 Å². The highest BCUT2D eigenvalue weighted by molar-refractivity contribution is 5.58. The second-order valence-electron chi connectivity index (χ2n) is 7.79. The lowest BCUT2D eigenvalue weighted by Gasteiger charge is -2.09. The summed E-state index contributed by atoms with van der Waals surface area (Å²) in [7, 11) is 0. The fourth-order valence-corrected chi connectivity index (χ4v) is 3.35. The van der Waals surface area contributed by atoms with Gasteiger partial charge in [0.2, 0.25) is 0 Å². The van der Waals surface area contributed by atoms with Crippen LogP contribution in [0, 0.1) is 19.7 Å². The molecular weight excluding hydrogens is 349 g/mol. The molecule has 3 nitrogen and oxygen atoms in total. The van der Waals surface area contributed by atoms with E-state index in [0.717, 1.165) is 24.5 Å². The molecule has 0 amide bonds. The third-order valence-corrected chi connectivity index (χ3v) is 5.12. The third kappa shape index (κ3) is 7.95. The second kappa shape index (κ2) is 12.5. The van der Waals surface area contributed by atoms with Crippen LogP contribution in [0.4, 0.5) is 10.2 Å². The largest absolute Gasteiger partial charge is 0.370 e. The van der Waals surface area contributed by atoms with Crippen LogP contribution in [-0.4, -0.2) is 16.5 Å². The number of aromatic nitrogens is 2. The number of nitrogens with one attached hydrogen (secondary N) is 1. The Balaban J connectivity index is 1.70. The van der Waals surface area contributed by atoms with Gasteiger partial charge in [0, 0.05) is 23.9 Å². The van der Waals surface area contributed by atoms with Gasteiger partial charge in [-0.05, 0) is 31.9 Å². The topological polar surface area (TPSA) is 37.8 Å². The van der Waals surface area contributed by atoms with E-state index in [1.807, 2.05) is 19.1 Å². The van der Waals surface area contributed by atoms with Crippen LogP contribution in [0.15, 0.2) is 24.3 Å². The van der Waals surface area contributed by atoms with E-state index in [9.17, 15) is 4.39 Å². The molecule has 0 saturated heterocycles. The van der Waals surface area contributed by atoms with Gasteiger partial charge in [0.25, 0.3) is 0 Å². The van der Waals surface area contributed by atoms with E-state index in [1.165, 1.54) is 63.9 Å². The van der Waals surface area contributed by atoms with Crippen molar-refractivity contribution in [3.63, 3.8) is 0 Å². The van der Waals surface area contributed by atoms with Gasteiger partial charge in [0.15, 0.2) is 5.82 Å². The molecule has 0 aliphatic rings. The summed E-state index contributed by atoms with van der Waals surface area (Å²) in [4.78, 5) is 9.03. The van der Waals surface area contributed by atoms with Crippen LogP contribution in [0.5, 0.6) is 0 Å². The Morgan fingerprint density at radius 3 is 2.11 bits per heavy atom. The summed E-state index contributed by atoms with van der Waals surface area (Å²) in [6.45, 7) is 6.88. The highest BCUT2D eigenvalue weighted by Gasteiger charge is 2.07. The molecule has 154 valence electrons. The number of anilines is 1. The number of rotatable bonds is 13. The van der Waals surface area contributed by atoms with Crippen LogP contribution < -0.4 is 5.32 Å². The Bertz CT molecular complexity index is 715. The Morgan fingerprint density at radius 1 is 0.821 bits per heavy atom. The van der Waals surface area contributed by atoms with Gasteiger partial charge < -0.3 is 5.32 Å². The number of benzene rings is 1. The molecule has 1 heterocycles. The van der Waals surface area contributed by atoms with Crippen LogP contribution >= 0.6 is 0 Å². The van der Waals surface area contributed by atoms with E-state index in [1.54, 1.807) is 13.0 Å². The SMILES string of the molecule is CCCCCCCCCCCCNc1cc(C)nc(-c2ccc(C)c(F)c2)n1. The minimum atomic E-state index is -0.220. The molecule has 0 aliphatic heterocycles. The maximum atomic E-state index is 13.8. The summed E-state index contributed by atoms with van der Waals surface area (Å²) < 4.78 is 13.8. The lowest BCUT2D eigenvalue weighted by Crippen LogP contribution is -2.05. The number of aryl methyl sites for hydroxylation is 2. The first-order valence-corrected chi connectivity index (χ1v) is 11.0. The molecule has 0 spiro atoms. The molecule has 0 radical (unpaired) electrons. The van der Waals surface area contributed by atoms with E-state index in [-0.39, 0.29) is 5.82 Å². The highest BCUT2D eigenvalue weighted by Crippen LogP contribution is 2.20. The van der Waals surface area contributed by atoms with Gasteiger partial charge >= 0.3 is 0 Å². The van der Waals surface area contributed by atoms with Crippen LogP contribution in [-0.2, 0) is 0 Å². The van der Waals surface area contributed by atoms with Crippen LogP contribution in [0.2, 0.25) is 0 Å². The maximum Gasteiger partial charge on any atom is 0.161 e. The molecule has 0 fully saturated rings. The fourth-order valence-electron chi connectivity index (χ4n) is 3.35. The Kier molecular flexibility index (Phi) is 9.95. The van der Waals surface area contributed by atoms with Crippen molar-refractivity contribution in [1.82, 2.24) is 9.97 Å². The number of hydrogen-bond acceptors (Lipinski definition) is 3. The van der Waals surface area contributed by atoms with Crippen molar-refractivity contribution in [3.8, 4) is 11.4 Å². The Labute approximate surface area is 170 Å². The smallest absolute Gasteiger partial charge is 0.161 e. The summed E-state index contributed by atoms with van der Waals surface area (Å²) in [5.74, 6) is 1.17. The molecule has 4 heteroatoms. The lowest BCUT2D eigenvalue weighted by atomic mass is 10.1. The molecule has 0 saturated carbocycles. The van der Waals surface area contributed by atoms with Gasteiger partial charge in [-0.2, -0.15) is 0 Å². The predicted molar refractivity (Wildman–Crippen MR) is 117 cm³/mol. The highest BCUT2D eigenvalue weighted by atomic mass is 19.1. The molecule has 0 unspecified atom stereocenters. The molecule has 2 aromatic rings. The second-order valence-corrected chi connectivity index (χ2v) is 7.79. The molecule has 1 N–H and O–H groups in total. The molecule has 0 bridgehead atoms. The lowest BCUT2D eigenvalue weighted by molar-refractivity contribution is 0.560. The van der Waals surface area contributed by atoms with E-state index in [0.29, 0.717) is 17.0 Å². The number of unbranched alkanes of at least 4 members (excludes halogenated alkanes) is 9. The molecule has 2 rings (SSSR count). The van der Waals surface area contributed by atoms with Crippen LogP contribution in [0.25, 0.3) is 11.4 Å². The average molecular weight is 386 g/mol. The van der Waals surface area contributed by atoms with Gasteiger partial charge in [-0.3, -0.25) is 0 Å². The van der Waals surface area contributed by atoms with Crippen molar-refractivity contribution in [3.05, 3.63) is 41.3 Å². The van der Waals surface area contributed by atoms with Gasteiger partial charge in [-0.1, -0.05) is 76.8 Å². The standard InChI is InChI=1S/C24H36FN3/c1-4-5-6-7-8-9-10-11-12-13-16-26-23-17-20(3)27-24(28-23)21-15-14-19(2)22(25)18-21/h14-15,17-18H,4-13,16H2,1-3H3,(H,26,27,28). The zero-order valence-electron chi connectivity index (χ0n) is 17.9. The van der Waals surface area contributed by atoms with E-state index >= 15 is 0 Å². The number of nitrogens with zero attached hydrogens (tertiary/aromatic N) is 2. The third-order valence-electron chi connectivity index (χ3n) is 5.12. The monoisotopic (exact) mass is 385 g/mol. The predicted octanol–water partition coefficient (Wildman–Crippen LogP) is 7.23. The summed E-state index contributed by atoms with van der Waals surface area (Å²) in [5.41, 5.74) is 2.24. The molecular formula is C24H36FN3. The minimum absolute atomic E-state index is 0.220. The zero-order valence-corrected chi connectivity index (χ0v) is 17.9. The summed E-state index contributed by atoms with van der Waals surface area (Å²) in [5, 5.41) is 3.40. The average Bonchev–Trinajstić information content (AvgIpc) is 2.68. The quantitative estimate of drug-likeness (QED) is 0.369. The first-order valence-electron chi connectivity index (χ1n) is 11.0. The Hall–Kier alpha value is -1.97. The molecule has 1 aromatic carbocycles. The molecule has 1 aromatic heterocycles. The summed E-state index contributed by atoms with van der Waals surface area (Å²) in [6.07, 6.45) is 13.3. The van der Waals surface area contributed by atoms with Gasteiger partial charge in [-0.15, -0.1) is 0 Å². The van der Waals surface area contributed by atoms with E-state index in [2.05, 4.69) is 22.2 Å². The first kappa shape index (κ1) is 22.3. The van der Waals surface area contributed by atoms with Crippen molar-refractivity contribution < 1.29 is 4.39 Å². The first-order chi connectivity index (χ1) is 13.6. The molecule has 28 heavy (non-hydrogen) atoms. The molecule has 0 aliphatic carbocycles. The summed E-state index contributed by atoms with van der Waals surface area (Å²) in [6, 6.07) is 7.10. The Morgan fingerprint density at radius 2 is 1.46 bits per heavy atom. The van der Waals surface area contributed by atoms with Crippen LogP contribution in [0.3, 0.4) is 0 Å². The summed E-state index contributed by atoms with van der Waals surface area (Å²) >= 11 is 0. The fraction of sp³-hybridized carbons (Fsp3) is 0.583. The zero-order chi connectivity index (χ0) is 20.2. The van der Waals surface area contributed by atoms with Crippen molar-refractivity contribution in [2.75, 3.05) is 11.9 Å². The van der Waals surface area contributed by atoms with Gasteiger partial charge in [0.1, 0.15) is 11.6 Å². The molecule has 0 atom stereocenters. The van der Waals surface area contributed by atoms with E-state index < -0.39 is 0 Å². The van der Waals surface area contributed by atoms with Gasteiger partial charge in [-0.25, -0.2) is 14.4 Å². The van der Waals surface area contributed by atoms with Gasteiger partial charge in [0.05, 0.1) is 0 Å². The number of hydrogen-bond donors (Lipinski definition) is 1. The van der Waals surface area contributed by atoms with E-state index in [4.69, 9.17) is 0 Å². The minimum Gasteiger partial charge on any atom is -0.370 e. The van der Waals surface area contributed by atoms with Crippen molar-refractivity contribution in [2.24, 2.45) is 0 Å². The normalized spacial score (nSPS) is 11.0. The van der Waals surface area contributed by atoms with Crippen LogP contribution in [0.1, 0.15) is 82.4 Å². The maximum absolute atomic E-state index is 13.8.